The van der Waals surface area contributed by atoms with Crippen molar-refractivity contribution in [3.63, 3.8) is 0 Å². The number of carbonyl (C=O) groups is 1. The topological polar surface area (TPSA) is 141 Å². The summed E-state index contributed by atoms with van der Waals surface area (Å²) in [6.45, 7) is 0.610. The molecule has 1 fully saturated rings. The number of halogens is 1. The molecule has 1 N–H and O–H groups in total. The van der Waals surface area contributed by atoms with Crippen LogP contribution in [-0.2, 0) is 21.4 Å². The molecule has 2 aromatic heterocycles. The first kappa shape index (κ1) is 27.8. The molecule has 0 aliphatic carbocycles. The monoisotopic (exact) mass is 611 g/mol. The fourth-order valence-corrected chi connectivity index (χ4v) is 6.51. The van der Waals surface area contributed by atoms with Crippen molar-refractivity contribution in [2.75, 3.05) is 38.4 Å². The minimum atomic E-state index is -4.05. The number of fused-ring (bicyclic) bond motifs is 1. The first-order chi connectivity index (χ1) is 20.3. The molecule has 0 bridgehead atoms. The van der Waals surface area contributed by atoms with Crippen molar-refractivity contribution in [1.82, 2.24) is 29.1 Å². The number of hydrogen-bond donors (Lipinski definition) is 1. The Morgan fingerprint density at radius 3 is 2.67 bits per heavy atom. The van der Waals surface area contributed by atoms with Gasteiger partial charge in [0.2, 0.25) is 28.7 Å². The maximum Gasteiger partial charge on any atom is 0.243 e. The molecule has 218 valence electrons. The first-order valence-corrected chi connectivity index (χ1v) is 14.7. The first-order valence-electron chi connectivity index (χ1n) is 12.9. The summed E-state index contributed by atoms with van der Waals surface area (Å²) in [5.41, 5.74) is 0.775. The number of aromatic nitrogens is 4. The van der Waals surface area contributed by atoms with Crippen LogP contribution in [0.3, 0.4) is 0 Å². The van der Waals surface area contributed by atoms with E-state index in [1.807, 2.05) is 11.0 Å². The van der Waals surface area contributed by atoms with Crippen LogP contribution in [0, 0.1) is 0 Å². The number of sulfonamides is 1. The quantitative estimate of drug-likeness (QED) is 0.295. The third-order valence-corrected chi connectivity index (χ3v) is 9.05. The average Bonchev–Trinajstić information content (AvgIpc) is 3.72. The number of methoxy groups -OCH3 is 1. The summed E-state index contributed by atoms with van der Waals surface area (Å²) >= 11 is 6.32. The highest BCUT2D eigenvalue weighted by molar-refractivity contribution is 7.89. The van der Waals surface area contributed by atoms with Gasteiger partial charge in [-0.05, 0) is 42.0 Å². The van der Waals surface area contributed by atoms with Gasteiger partial charge < -0.3 is 24.4 Å². The van der Waals surface area contributed by atoms with Gasteiger partial charge in [0, 0.05) is 44.6 Å². The van der Waals surface area contributed by atoms with Crippen LogP contribution < -0.4 is 24.4 Å². The lowest BCUT2D eigenvalue weighted by Crippen LogP contribution is -2.60. The summed E-state index contributed by atoms with van der Waals surface area (Å²) in [4.78, 5) is 28.5. The molecular weight excluding hydrogens is 586 g/mol. The van der Waals surface area contributed by atoms with E-state index in [9.17, 15) is 13.2 Å². The van der Waals surface area contributed by atoms with Gasteiger partial charge in [0.05, 0.1) is 12.0 Å². The normalized spacial score (nSPS) is 16.8. The smallest absolute Gasteiger partial charge is 0.243 e. The molecule has 1 unspecified atom stereocenters. The fraction of sp³-hybridized carbons (Fsp3) is 0.259. The van der Waals surface area contributed by atoms with Gasteiger partial charge >= 0.3 is 0 Å². The molecule has 4 aromatic rings. The molecule has 2 aromatic carbocycles. The SMILES string of the molecule is COc1ccc(S(=O)(=O)N2CCN(c3cc(Cl)nc(-n4ccnc4)n3)CC2C(=O)NCc2ccc3c(c2)OCO3)cc1. The van der Waals surface area contributed by atoms with Crippen molar-refractivity contribution in [1.29, 1.82) is 0 Å². The molecule has 1 amide bonds. The maximum absolute atomic E-state index is 13.8. The second-order valence-corrected chi connectivity index (χ2v) is 11.8. The summed E-state index contributed by atoms with van der Waals surface area (Å²) in [6, 6.07) is 11.9. The zero-order valence-corrected chi connectivity index (χ0v) is 24.0. The highest BCUT2D eigenvalue weighted by Gasteiger charge is 2.40. The van der Waals surface area contributed by atoms with Gasteiger partial charge in [0.1, 0.15) is 29.1 Å². The van der Waals surface area contributed by atoms with E-state index < -0.39 is 22.0 Å². The Hall–Kier alpha value is -4.40. The highest BCUT2D eigenvalue weighted by atomic mass is 35.5. The molecule has 13 nitrogen and oxygen atoms in total. The number of anilines is 1. The van der Waals surface area contributed by atoms with Crippen LogP contribution in [-0.4, -0.2) is 77.7 Å². The van der Waals surface area contributed by atoms with Crippen molar-refractivity contribution >= 4 is 33.3 Å². The van der Waals surface area contributed by atoms with E-state index >= 15 is 0 Å². The number of rotatable bonds is 8. The van der Waals surface area contributed by atoms with Gasteiger partial charge in [0.25, 0.3) is 0 Å². The fourth-order valence-electron chi connectivity index (χ4n) is 4.77. The van der Waals surface area contributed by atoms with Crippen molar-refractivity contribution in [2.45, 2.75) is 17.5 Å². The number of piperazine rings is 1. The summed E-state index contributed by atoms with van der Waals surface area (Å²) in [7, 11) is -2.55. The van der Waals surface area contributed by atoms with Crippen LogP contribution in [0.4, 0.5) is 5.82 Å². The van der Waals surface area contributed by atoms with Gasteiger partial charge in [-0.2, -0.15) is 9.29 Å². The number of nitrogens with zero attached hydrogens (tertiary/aromatic N) is 6. The van der Waals surface area contributed by atoms with Crippen molar-refractivity contribution in [2.24, 2.45) is 0 Å². The van der Waals surface area contributed by atoms with E-state index in [1.165, 1.54) is 23.5 Å². The summed E-state index contributed by atoms with van der Waals surface area (Å²) in [5.74, 6) is 2.02. The number of carbonyl (C=O) groups excluding carboxylic acids is 1. The zero-order chi connectivity index (χ0) is 29.3. The summed E-state index contributed by atoms with van der Waals surface area (Å²) < 4.78 is 46.4. The largest absolute Gasteiger partial charge is 0.497 e. The molecule has 0 radical (unpaired) electrons. The summed E-state index contributed by atoms with van der Waals surface area (Å²) in [6.07, 6.45) is 4.82. The number of hydrogen-bond acceptors (Lipinski definition) is 10. The van der Waals surface area contributed by atoms with Crippen LogP contribution in [0.2, 0.25) is 5.15 Å². The lowest BCUT2D eigenvalue weighted by molar-refractivity contribution is -0.125. The van der Waals surface area contributed by atoms with E-state index in [-0.39, 0.29) is 43.0 Å². The lowest BCUT2D eigenvalue weighted by Gasteiger charge is -2.40. The van der Waals surface area contributed by atoms with E-state index in [0.29, 0.717) is 29.0 Å². The number of ether oxygens (including phenoxy) is 3. The highest BCUT2D eigenvalue weighted by Crippen LogP contribution is 2.32. The summed E-state index contributed by atoms with van der Waals surface area (Å²) in [5, 5.41) is 3.08. The minimum Gasteiger partial charge on any atom is -0.497 e. The molecule has 42 heavy (non-hydrogen) atoms. The zero-order valence-electron chi connectivity index (χ0n) is 22.4. The number of nitrogens with one attached hydrogen (secondary N) is 1. The third kappa shape index (κ3) is 5.55. The molecule has 0 saturated carbocycles. The molecule has 6 rings (SSSR count). The van der Waals surface area contributed by atoms with Crippen LogP contribution in [0.5, 0.6) is 17.2 Å². The van der Waals surface area contributed by atoms with Crippen LogP contribution in [0.15, 0.2) is 72.1 Å². The van der Waals surface area contributed by atoms with Crippen LogP contribution in [0.25, 0.3) is 5.95 Å². The number of amides is 1. The second-order valence-electron chi connectivity index (χ2n) is 9.48. The second kappa shape index (κ2) is 11.5. The van der Waals surface area contributed by atoms with Crippen molar-refractivity contribution < 1.29 is 27.4 Å². The Kier molecular flexibility index (Phi) is 7.58. The van der Waals surface area contributed by atoms with Gasteiger partial charge in [-0.3, -0.25) is 9.36 Å². The average molecular weight is 612 g/mol. The van der Waals surface area contributed by atoms with Gasteiger partial charge in [-0.15, -0.1) is 0 Å². The molecular formula is C27H26ClN7O6S. The predicted molar refractivity (Wildman–Crippen MR) is 151 cm³/mol. The van der Waals surface area contributed by atoms with Crippen molar-refractivity contribution in [3.8, 4) is 23.2 Å². The van der Waals surface area contributed by atoms with Crippen LogP contribution in [0.1, 0.15) is 5.56 Å². The molecule has 15 heteroatoms. The molecule has 1 saturated heterocycles. The molecule has 4 heterocycles. The van der Waals surface area contributed by atoms with Gasteiger partial charge in [-0.1, -0.05) is 17.7 Å². The Bertz CT molecular complexity index is 1700. The molecule has 1 atom stereocenters. The van der Waals surface area contributed by atoms with E-state index in [2.05, 4.69) is 20.3 Å². The Labute approximate surface area is 246 Å². The van der Waals surface area contributed by atoms with Crippen LogP contribution >= 0.6 is 11.6 Å². The third-order valence-electron chi connectivity index (χ3n) is 6.93. The molecule has 2 aliphatic heterocycles. The Balaban J connectivity index is 1.28. The van der Waals surface area contributed by atoms with Crippen molar-refractivity contribution in [3.05, 3.63) is 78.0 Å². The van der Waals surface area contributed by atoms with E-state index in [4.69, 9.17) is 25.8 Å². The lowest BCUT2D eigenvalue weighted by atomic mass is 10.1. The molecule has 0 spiro atoms. The predicted octanol–water partition coefficient (Wildman–Crippen LogP) is 2.25. The standard InChI is InChI=1S/C27H26ClN7O6S/c1-39-19-3-5-20(6-4-19)42(37,38)35-11-10-33(25-13-24(28)31-27(32-25)34-9-8-29-16-34)15-21(35)26(36)30-14-18-2-7-22-23(12-18)41-17-40-22/h2-9,12-13,16,21H,10-11,14-15,17H2,1H3,(H,30,36). The Morgan fingerprint density at radius 1 is 1.10 bits per heavy atom. The molecule has 2 aliphatic rings. The van der Waals surface area contributed by atoms with Gasteiger partial charge in [-0.25, -0.2) is 18.4 Å². The number of benzene rings is 2. The van der Waals surface area contributed by atoms with Gasteiger partial charge in [0.15, 0.2) is 11.5 Å². The maximum atomic E-state index is 13.8. The number of imidazole rings is 1. The Morgan fingerprint density at radius 2 is 1.90 bits per heavy atom. The minimum absolute atomic E-state index is 0.0263. The van der Waals surface area contributed by atoms with E-state index in [0.717, 1.165) is 5.56 Å². The van der Waals surface area contributed by atoms with E-state index in [1.54, 1.807) is 53.6 Å².